The molecule has 0 aliphatic heterocycles. The van der Waals surface area contributed by atoms with E-state index in [0.717, 1.165) is 13.0 Å². The van der Waals surface area contributed by atoms with Crippen LogP contribution >= 0.6 is 15.9 Å². The molecule has 4 heteroatoms. The highest BCUT2D eigenvalue weighted by Crippen LogP contribution is 2.37. The molecule has 0 radical (unpaired) electrons. The third-order valence-electron chi connectivity index (χ3n) is 2.34. The van der Waals surface area contributed by atoms with Crippen molar-refractivity contribution in [3.63, 3.8) is 0 Å². The maximum absolute atomic E-state index is 4.37. The van der Waals surface area contributed by atoms with Crippen molar-refractivity contribution in [2.24, 2.45) is 0 Å². The maximum atomic E-state index is 4.37. The summed E-state index contributed by atoms with van der Waals surface area (Å²) in [4.78, 5) is 0. The lowest BCUT2D eigenvalue weighted by Gasteiger charge is -2.01. The highest BCUT2D eigenvalue weighted by atomic mass is 79.9. The Morgan fingerprint density at radius 1 is 1.69 bits per heavy atom. The van der Waals surface area contributed by atoms with Gasteiger partial charge in [0.2, 0.25) is 0 Å². The molecule has 1 N–H and O–H groups in total. The van der Waals surface area contributed by atoms with Crippen molar-refractivity contribution in [3.8, 4) is 0 Å². The van der Waals surface area contributed by atoms with Crippen molar-refractivity contribution >= 4 is 15.9 Å². The number of hydrogen-bond acceptors (Lipinski definition) is 2. The Morgan fingerprint density at radius 3 is 3.08 bits per heavy atom. The molecule has 0 aromatic carbocycles. The smallest absolute Gasteiger partial charge is 0.107 e. The van der Waals surface area contributed by atoms with Gasteiger partial charge in [0.05, 0.1) is 12.2 Å². The minimum atomic E-state index is 0.665. The van der Waals surface area contributed by atoms with Crippen LogP contribution in [-0.4, -0.2) is 23.4 Å². The normalized spacial score (nSPS) is 16.5. The van der Waals surface area contributed by atoms with Crippen molar-refractivity contribution < 1.29 is 0 Å². The SMILES string of the molecule is CNCCc1cnn(C2CC2)c1Br. The zero-order valence-corrected chi connectivity index (χ0v) is 9.34. The molecule has 1 aromatic rings. The third-order valence-corrected chi connectivity index (χ3v) is 3.21. The summed E-state index contributed by atoms with van der Waals surface area (Å²) < 4.78 is 3.27. The van der Waals surface area contributed by atoms with E-state index in [-0.39, 0.29) is 0 Å². The molecular weight excluding hydrogens is 230 g/mol. The molecule has 2 rings (SSSR count). The summed E-state index contributed by atoms with van der Waals surface area (Å²) in [6.07, 6.45) is 5.58. The van der Waals surface area contributed by atoms with Gasteiger partial charge in [0.1, 0.15) is 4.60 Å². The van der Waals surface area contributed by atoms with E-state index in [1.165, 1.54) is 23.0 Å². The molecule has 0 spiro atoms. The molecule has 3 nitrogen and oxygen atoms in total. The van der Waals surface area contributed by atoms with Gasteiger partial charge in [-0.1, -0.05) is 0 Å². The van der Waals surface area contributed by atoms with Crippen molar-refractivity contribution in [2.75, 3.05) is 13.6 Å². The van der Waals surface area contributed by atoms with Crippen molar-refractivity contribution in [3.05, 3.63) is 16.4 Å². The fourth-order valence-electron chi connectivity index (χ4n) is 1.38. The molecule has 1 aliphatic carbocycles. The second kappa shape index (κ2) is 3.80. The summed E-state index contributed by atoms with van der Waals surface area (Å²) >= 11 is 3.59. The second-order valence-electron chi connectivity index (χ2n) is 3.49. The van der Waals surface area contributed by atoms with E-state index in [0.29, 0.717) is 6.04 Å². The standard InChI is InChI=1S/C9H14BrN3/c1-11-5-4-7-6-12-13(9(7)10)8-2-3-8/h6,8,11H,2-5H2,1H3. The van der Waals surface area contributed by atoms with Gasteiger partial charge in [-0.25, -0.2) is 0 Å². The van der Waals surface area contributed by atoms with Crippen molar-refractivity contribution in [2.45, 2.75) is 25.3 Å². The second-order valence-corrected chi connectivity index (χ2v) is 4.24. The Kier molecular flexibility index (Phi) is 2.69. The Bertz CT molecular complexity index is 291. The fraction of sp³-hybridized carbons (Fsp3) is 0.667. The van der Waals surface area contributed by atoms with Crippen LogP contribution < -0.4 is 5.32 Å². The van der Waals surface area contributed by atoms with Crippen LogP contribution in [0.1, 0.15) is 24.4 Å². The number of aromatic nitrogens is 2. The van der Waals surface area contributed by atoms with E-state index in [2.05, 4.69) is 31.0 Å². The van der Waals surface area contributed by atoms with Crippen LogP contribution in [0.25, 0.3) is 0 Å². The predicted octanol–water partition coefficient (Wildman–Crippen LogP) is 1.74. The molecule has 0 bridgehead atoms. The highest BCUT2D eigenvalue weighted by molar-refractivity contribution is 9.10. The number of halogens is 1. The van der Waals surface area contributed by atoms with Crippen LogP contribution in [0.2, 0.25) is 0 Å². The van der Waals surface area contributed by atoms with Crippen molar-refractivity contribution in [1.82, 2.24) is 15.1 Å². The number of likely N-dealkylation sites (N-methyl/N-ethyl adjacent to an activating group) is 1. The van der Waals surface area contributed by atoms with E-state index in [4.69, 9.17) is 0 Å². The molecule has 1 fully saturated rings. The van der Waals surface area contributed by atoms with Gasteiger partial charge in [-0.3, -0.25) is 4.68 Å². The van der Waals surface area contributed by atoms with Gasteiger partial charge in [-0.15, -0.1) is 0 Å². The van der Waals surface area contributed by atoms with Crippen LogP contribution in [0.3, 0.4) is 0 Å². The monoisotopic (exact) mass is 243 g/mol. The van der Waals surface area contributed by atoms with Gasteiger partial charge in [-0.05, 0) is 48.8 Å². The first kappa shape index (κ1) is 9.21. The van der Waals surface area contributed by atoms with Crippen LogP contribution in [0.4, 0.5) is 0 Å². The molecule has 13 heavy (non-hydrogen) atoms. The largest absolute Gasteiger partial charge is 0.319 e. The fourth-order valence-corrected chi connectivity index (χ4v) is 2.07. The van der Waals surface area contributed by atoms with E-state index in [1.54, 1.807) is 0 Å². The topological polar surface area (TPSA) is 29.9 Å². The summed E-state index contributed by atoms with van der Waals surface area (Å²) in [5.41, 5.74) is 1.31. The predicted molar refractivity (Wildman–Crippen MR) is 55.8 cm³/mol. The van der Waals surface area contributed by atoms with E-state index in [9.17, 15) is 0 Å². The average Bonchev–Trinajstić information content (AvgIpc) is 2.89. The first-order valence-electron chi connectivity index (χ1n) is 4.69. The van der Waals surface area contributed by atoms with Crippen LogP contribution in [0.15, 0.2) is 10.8 Å². The van der Waals surface area contributed by atoms with Crippen molar-refractivity contribution in [1.29, 1.82) is 0 Å². The molecule has 1 heterocycles. The average molecular weight is 244 g/mol. The quantitative estimate of drug-likeness (QED) is 0.874. The molecule has 1 aliphatic rings. The summed E-state index contributed by atoms with van der Waals surface area (Å²) in [5.74, 6) is 0. The van der Waals surface area contributed by atoms with Gasteiger partial charge in [0.15, 0.2) is 0 Å². The van der Waals surface area contributed by atoms with Crippen LogP contribution in [0, 0.1) is 0 Å². The summed E-state index contributed by atoms with van der Waals surface area (Å²) in [5, 5.41) is 7.51. The zero-order valence-electron chi connectivity index (χ0n) is 7.76. The minimum absolute atomic E-state index is 0.665. The lowest BCUT2D eigenvalue weighted by atomic mass is 10.2. The van der Waals surface area contributed by atoms with Gasteiger partial charge >= 0.3 is 0 Å². The van der Waals surface area contributed by atoms with Gasteiger partial charge in [-0.2, -0.15) is 5.10 Å². The van der Waals surface area contributed by atoms with E-state index >= 15 is 0 Å². The van der Waals surface area contributed by atoms with Gasteiger partial charge in [0, 0.05) is 5.56 Å². The Hall–Kier alpha value is -0.350. The first-order chi connectivity index (χ1) is 6.33. The molecule has 0 unspecified atom stereocenters. The summed E-state index contributed by atoms with van der Waals surface area (Å²) in [7, 11) is 1.97. The Balaban J connectivity index is 2.08. The number of nitrogens with one attached hydrogen (secondary N) is 1. The number of nitrogens with zero attached hydrogens (tertiary/aromatic N) is 2. The van der Waals surface area contributed by atoms with Crippen LogP contribution in [0.5, 0.6) is 0 Å². The number of rotatable bonds is 4. The zero-order chi connectivity index (χ0) is 9.26. The lowest BCUT2D eigenvalue weighted by molar-refractivity contribution is 0.626. The van der Waals surface area contributed by atoms with E-state index < -0.39 is 0 Å². The molecule has 72 valence electrons. The molecule has 1 saturated carbocycles. The molecular formula is C9H14BrN3. The molecule has 0 atom stereocenters. The third kappa shape index (κ3) is 1.94. The summed E-state index contributed by atoms with van der Waals surface area (Å²) in [6, 6.07) is 0.665. The highest BCUT2D eigenvalue weighted by Gasteiger charge is 2.26. The van der Waals surface area contributed by atoms with Gasteiger partial charge < -0.3 is 5.32 Å². The molecule has 0 saturated heterocycles. The summed E-state index contributed by atoms with van der Waals surface area (Å²) in [6.45, 7) is 1.01. The Morgan fingerprint density at radius 2 is 2.46 bits per heavy atom. The first-order valence-corrected chi connectivity index (χ1v) is 5.48. The minimum Gasteiger partial charge on any atom is -0.319 e. The maximum Gasteiger partial charge on any atom is 0.107 e. The van der Waals surface area contributed by atoms with E-state index in [1.807, 2.05) is 13.2 Å². The molecule has 0 amide bonds. The lowest BCUT2D eigenvalue weighted by Crippen LogP contribution is -2.10. The van der Waals surface area contributed by atoms with Gasteiger partial charge in [0.25, 0.3) is 0 Å². The number of hydrogen-bond donors (Lipinski definition) is 1. The Labute approximate surface area is 86.6 Å². The van der Waals surface area contributed by atoms with Crippen LogP contribution in [-0.2, 0) is 6.42 Å². The molecule has 1 aromatic heterocycles.